The lowest BCUT2D eigenvalue weighted by molar-refractivity contribution is 0.620. The van der Waals surface area contributed by atoms with E-state index >= 15 is 0 Å². The Kier molecular flexibility index (Phi) is 17.6. The summed E-state index contributed by atoms with van der Waals surface area (Å²) >= 11 is 0. The Morgan fingerprint density at radius 1 is 0.168 bits per heavy atom. The molecule has 592 valence electrons. The van der Waals surface area contributed by atoms with Gasteiger partial charge in [0, 0.05) is 16.7 Å². The van der Waals surface area contributed by atoms with Gasteiger partial charge in [0.1, 0.15) is 16.6 Å². The first-order valence-electron chi connectivity index (χ1n) is 43.1. The summed E-state index contributed by atoms with van der Waals surface area (Å²) in [6.07, 6.45) is 0. The molecule has 0 amide bonds. The van der Waals surface area contributed by atoms with Gasteiger partial charge in [0.15, 0.2) is 16.7 Å². The zero-order valence-electron chi connectivity index (χ0n) is 70.6. The van der Waals surface area contributed by atoms with Crippen LogP contribution in [0.2, 0.25) is 0 Å². The van der Waals surface area contributed by atoms with Crippen molar-refractivity contribution in [2.45, 2.75) is 55.4 Å². The highest BCUT2D eigenvalue weighted by Crippen LogP contribution is 2.52. The van der Waals surface area contributed by atoms with Crippen LogP contribution in [0, 0.1) is 55.4 Å². The molecule has 25 aromatic rings. The summed E-state index contributed by atoms with van der Waals surface area (Å²) in [5.41, 5.74) is 35.2. The summed E-state index contributed by atoms with van der Waals surface area (Å²) in [6.45, 7) is 17.3. The molecule has 0 radical (unpaired) electrons. The molecule has 0 fully saturated rings. The number of nitrogens with zero attached hydrogens (tertiary/aromatic N) is 3. The number of benzene rings is 22. The molecule has 0 unspecified atom stereocenters. The summed E-state index contributed by atoms with van der Waals surface area (Å²) in [7, 11) is 0. The molecule has 6 nitrogen and oxygen atoms in total. The number of hydrogen-bond acceptors (Lipinski definition) is 6. The summed E-state index contributed by atoms with van der Waals surface area (Å²) in [5, 5.41) is 22.4. The first kappa shape index (κ1) is 74.4. The van der Waals surface area contributed by atoms with Gasteiger partial charge in [0.05, 0.1) is 0 Å². The molecule has 0 aliphatic carbocycles. The van der Waals surface area contributed by atoms with Crippen LogP contribution in [-0.4, -0.2) is 15.0 Å². The third-order valence-corrected chi connectivity index (χ3v) is 26.2. The van der Waals surface area contributed by atoms with Crippen molar-refractivity contribution in [2.75, 3.05) is 0 Å². The Morgan fingerprint density at radius 2 is 0.448 bits per heavy atom. The highest BCUT2D eigenvalue weighted by atomic mass is 16.4. The maximum Gasteiger partial charge on any atom is 0.227 e. The smallest absolute Gasteiger partial charge is 0.227 e. The van der Waals surface area contributed by atoms with Crippen LogP contribution in [0.5, 0.6) is 0 Å². The second-order valence-electron chi connectivity index (χ2n) is 33.9. The van der Waals surface area contributed by atoms with E-state index in [1.54, 1.807) is 0 Å². The van der Waals surface area contributed by atoms with E-state index < -0.39 is 0 Å². The van der Waals surface area contributed by atoms with Crippen molar-refractivity contribution >= 4 is 130 Å². The standard InChI is InChI=1S/C43H29NO.2C38H27NO/c1-26-10-6-8-14-31(26)33-19-16-29-17-20-35-37(32-15-9-7-11-27(32)2)25-38(36-22-21-34(33)41(29)42(35)36)43-44-39-24-30(18-23-40(39)45-43)28-12-4-3-5-13-28;1-22-12-19-35-34(20-22)39-38(40-35)33-21-32(27-11-7-5-9-24(27)3)30-16-14-25-13-15-28(26-10-6-4-8-23(26)2)29-17-18-31(33)37(30)36(25)29;1-22-12-19-34-35(20-22)40-38(39-34)33-21-32(27-11-7-5-9-24(27)3)30-16-14-25-13-15-28(26-10-6-4-8-23(26)2)29-17-18-31(33)37(30)36(25)29/h3-25H,1-2H3;2*4-21H,1-3H3. The van der Waals surface area contributed by atoms with E-state index in [0.29, 0.717) is 17.7 Å². The average Bonchev–Trinajstić information content (AvgIpc) is 1.54. The zero-order valence-corrected chi connectivity index (χ0v) is 70.6. The molecule has 3 aromatic heterocycles. The minimum absolute atomic E-state index is 0.641. The Balaban J connectivity index is 0.000000108. The Hall–Kier alpha value is -15.6. The fraction of sp³-hybridized carbons (Fsp3) is 0.0672. The van der Waals surface area contributed by atoms with Gasteiger partial charge in [0.2, 0.25) is 17.7 Å². The van der Waals surface area contributed by atoms with Crippen molar-refractivity contribution in [3.8, 4) is 112 Å². The highest BCUT2D eigenvalue weighted by Gasteiger charge is 2.27. The van der Waals surface area contributed by atoms with Gasteiger partial charge >= 0.3 is 0 Å². The van der Waals surface area contributed by atoms with Crippen molar-refractivity contribution in [1.82, 2.24) is 15.0 Å². The van der Waals surface area contributed by atoms with Gasteiger partial charge in [-0.05, 0) is 329 Å². The number of oxazole rings is 3. The van der Waals surface area contributed by atoms with Gasteiger partial charge in [-0.3, -0.25) is 0 Å². The maximum atomic E-state index is 6.55. The molecule has 0 saturated carbocycles. The van der Waals surface area contributed by atoms with Gasteiger partial charge in [-0.15, -0.1) is 0 Å². The fourth-order valence-electron chi connectivity index (χ4n) is 20.0. The third kappa shape index (κ3) is 12.4. The second kappa shape index (κ2) is 29.6. The normalized spacial score (nSPS) is 11.8. The first-order chi connectivity index (χ1) is 61.3. The van der Waals surface area contributed by atoms with Crippen LogP contribution in [-0.2, 0) is 0 Å². The lowest BCUT2D eigenvalue weighted by Gasteiger charge is -2.19. The fourth-order valence-corrected chi connectivity index (χ4v) is 20.0. The minimum Gasteiger partial charge on any atom is -0.436 e. The molecule has 0 spiro atoms. The average molecular weight is 1600 g/mol. The lowest BCUT2D eigenvalue weighted by Crippen LogP contribution is -1.93. The molecule has 0 atom stereocenters. The summed E-state index contributed by atoms with van der Waals surface area (Å²) in [5.74, 6) is 1.96. The molecule has 0 aliphatic rings. The molecule has 3 heterocycles. The lowest BCUT2D eigenvalue weighted by atomic mass is 9.84. The van der Waals surface area contributed by atoms with Crippen molar-refractivity contribution in [3.05, 3.63) is 402 Å². The van der Waals surface area contributed by atoms with Crippen LogP contribution >= 0.6 is 0 Å². The number of rotatable bonds is 10. The predicted molar refractivity (Wildman–Crippen MR) is 525 cm³/mol. The first-order valence-corrected chi connectivity index (χ1v) is 43.1. The van der Waals surface area contributed by atoms with E-state index in [1.165, 1.54) is 186 Å². The van der Waals surface area contributed by atoms with E-state index in [2.05, 4.69) is 389 Å². The highest BCUT2D eigenvalue weighted by molar-refractivity contribution is 6.33. The molecular formula is C119H83N3O3. The van der Waals surface area contributed by atoms with E-state index in [4.69, 9.17) is 28.2 Å². The van der Waals surface area contributed by atoms with Crippen molar-refractivity contribution < 1.29 is 13.3 Å². The predicted octanol–water partition coefficient (Wildman–Crippen LogP) is 33.3. The van der Waals surface area contributed by atoms with Crippen LogP contribution in [0.1, 0.15) is 44.5 Å². The minimum atomic E-state index is 0.641. The van der Waals surface area contributed by atoms with Crippen molar-refractivity contribution in [1.29, 1.82) is 0 Å². The molecule has 0 saturated heterocycles. The topological polar surface area (TPSA) is 78.1 Å². The van der Waals surface area contributed by atoms with Crippen LogP contribution in [0.15, 0.2) is 371 Å². The van der Waals surface area contributed by atoms with E-state index in [9.17, 15) is 0 Å². The molecule has 0 bridgehead atoms. The Bertz CT molecular complexity index is 8330. The van der Waals surface area contributed by atoms with Crippen LogP contribution in [0.25, 0.3) is 243 Å². The summed E-state index contributed by atoms with van der Waals surface area (Å²) in [4.78, 5) is 15.1. The van der Waals surface area contributed by atoms with Gasteiger partial charge in [-0.2, -0.15) is 0 Å². The number of aryl methyl sites for hydroxylation is 8. The third-order valence-electron chi connectivity index (χ3n) is 26.2. The van der Waals surface area contributed by atoms with Gasteiger partial charge in [-0.1, -0.05) is 303 Å². The molecule has 6 heteroatoms. The number of hydrogen-bond donors (Lipinski definition) is 0. The van der Waals surface area contributed by atoms with Gasteiger partial charge in [-0.25, -0.2) is 15.0 Å². The molecule has 22 aromatic carbocycles. The van der Waals surface area contributed by atoms with Crippen molar-refractivity contribution in [2.24, 2.45) is 0 Å². The van der Waals surface area contributed by atoms with Crippen LogP contribution < -0.4 is 0 Å². The summed E-state index contributed by atoms with van der Waals surface area (Å²) in [6, 6.07) is 129. The van der Waals surface area contributed by atoms with E-state index in [-0.39, 0.29) is 0 Å². The van der Waals surface area contributed by atoms with Gasteiger partial charge in [0.25, 0.3) is 0 Å². The molecular weight excluding hydrogens is 1520 g/mol. The van der Waals surface area contributed by atoms with E-state index in [1.807, 2.05) is 24.3 Å². The monoisotopic (exact) mass is 1600 g/mol. The van der Waals surface area contributed by atoms with Gasteiger partial charge < -0.3 is 13.3 Å². The molecule has 25 rings (SSSR count). The molecule has 0 aliphatic heterocycles. The second-order valence-corrected chi connectivity index (χ2v) is 33.9. The van der Waals surface area contributed by atoms with E-state index in [0.717, 1.165) is 82.8 Å². The molecule has 125 heavy (non-hydrogen) atoms. The molecule has 0 N–H and O–H groups in total. The van der Waals surface area contributed by atoms with Crippen molar-refractivity contribution in [3.63, 3.8) is 0 Å². The SMILES string of the molecule is Cc1ccc2nc(-c3cc(-c4ccccc4C)c4ccc5ccc(-c6ccccc6C)c6ccc3c4c56)oc2c1.Cc1ccc2oc(-c3cc(-c4ccccc4C)c4ccc5ccc(-c6ccccc6C)c6ccc3c4c56)nc2c1.Cc1ccccc1-c1ccc2ccc3c(-c4ccccc4C)cc(-c4nc5cc(-c6ccccc6)ccc5o4)c4ccc1c2c43. The zero-order chi connectivity index (χ0) is 84.0. The maximum absolute atomic E-state index is 6.55. The number of aromatic nitrogens is 3. The van der Waals surface area contributed by atoms with Crippen LogP contribution in [0.3, 0.4) is 0 Å². The summed E-state index contributed by atoms with van der Waals surface area (Å²) < 4.78 is 19.4. The largest absolute Gasteiger partial charge is 0.436 e. The Morgan fingerprint density at radius 3 is 0.824 bits per heavy atom. The number of fused-ring (bicyclic) bond motifs is 3. The van der Waals surface area contributed by atoms with Crippen LogP contribution in [0.4, 0.5) is 0 Å². The Labute approximate surface area is 723 Å². The quantitative estimate of drug-likeness (QED) is 0.127.